The average molecular weight is 349 g/mol. The molecule has 0 radical (unpaired) electrons. The van der Waals surface area contributed by atoms with Gasteiger partial charge in [-0.3, -0.25) is 4.79 Å². The number of amides is 1. The van der Waals surface area contributed by atoms with Gasteiger partial charge in [-0.1, -0.05) is 18.2 Å². The fourth-order valence-electron chi connectivity index (χ4n) is 2.61. The zero-order chi connectivity index (χ0) is 17.9. The molecule has 0 saturated heterocycles. The third-order valence-electron chi connectivity index (χ3n) is 3.85. The third kappa shape index (κ3) is 3.39. The number of nitrogens with one attached hydrogen (secondary N) is 3. The Morgan fingerprint density at radius 1 is 1.04 bits per heavy atom. The molecule has 2 aromatic carbocycles. The molecule has 26 heavy (non-hydrogen) atoms. The Morgan fingerprint density at radius 2 is 1.85 bits per heavy atom. The number of carbonyl (C=O) groups excluding carboxylic acids is 1. The number of anilines is 1. The minimum Gasteiger partial charge on any atom is -0.421 e. The lowest BCUT2D eigenvalue weighted by molar-refractivity contribution is -0.116. The van der Waals surface area contributed by atoms with Crippen molar-refractivity contribution < 1.29 is 9.21 Å². The standard InChI is InChI=1S/C18H15N5O3/c24-15(19-12-6-7-13-14(10-12)21-18(25)20-13)8-9-16-22-23-17(26-16)11-4-2-1-3-5-11/h1-7,10H,8-9H2,(H,19,24)(H2,20,21,25). The number of aromatic amines is 2. The van der Waals surface area contributed by atoms with Crippen LogP contribution in [0.25, 0.3) is 22.5 Å². The summed E-state index contributed by atoms with van der Waals surface area (Å²) in [6.07, 6.45) is 0.549. The molecule has 2 aromatic heterocycles. The van der Waals surface area contributed by atoms with Crippen LogP contribution in [0, 0.1) is 0 Å². The minimum atomic E-state index is -0.283. The van der Waals surface area contributed by atoms with Crippen LogP contribution in [0.3, 0.4) is 0 Å². The first-order valence-corrected chi connectivity index (χ1v) is 8.07. The molecule has 4 aromatic rings. The molecule has 8 heteroatoms. The zero-order valence-corrected chi connectivity index (χ0v) is 13.7. The van der Waals surface area contributed by atoms with E-state index in [2.05, 4.69) is 25.5 Å². The van der Waals surface area contributed by atoms with E-state index >= 15 is 0 Å². The molecule has 4 rings (SSSR count). The maximum absolute atomic E-state index is 12.1. The van der Waals surface area contributed by atoms with E-state index in [1.54, 1.807) is 18.2 Å². The number of imidazole rings is 1. The van der Waals surface area contributed by atoms with Crippen molar-refractivity contribution >= 4 is 22.6 Å². The minimum absolute atomic E-state index is 0.179. The van der Waals surface area contributed by atoms with Crippen molar-refractivity contribution in [3.63, 3.8) is 0 Å². The molecule has 0 aliphatic carbocycles. The third-order valence-corrected chi connectivity index (χ3v) is 3.85. The van der Waals surface area contributed by atoms with Crippen LogP contribution in [-0.2, 0) is 11.2 Å². The van der Waals surface area contributed by atoms with E-state index in [9.17, 15) is 9.59 Å². The molecule has 0 fully saturated rings. The number of carbonyl (C=O) groups is 1. The highest BCUT2D eigenvalue weighted by atomic mass is 16.4. The molecule has 0 spiro atoms. The molecule has 0 atom stereocenters. The van der Waals surface area contributed by atoms with Crippen molar-refractivity contribution in [3.8, 4) is 11.5 Å². The zero-order valence-electron chi connectivity index (χ0n) is 13.7. The van der Waals surface area contributed by atoms with Gasteiger partial charge in [0.2, 0.25) is 17.7 Å². The quantitative estimate of drug-likeness (QED) is 0.512. The fraction of sp³-hybridized carbons (Fsp3) is 0.111. The van der Waals surface area contributed by atoms with E-state index < -0.39 is 0 Å². The molecule has 8 nitrogen and oxygen atoms in total. The Labute approximate surface area is 147 Å². The maximum atomic E-state index is 12.1. The van der Waals surface area contributed by atoms with Crippen molar-refractivity contribution in [2.75, 3.05) is 5.32 Å². The molecular formula is C18H15N5O3. The first-order valence-electron chi connectivity index (χ1n) is 8.07. The lowest BCUT2D eigenvalue weighted by atomic mass is 10.2. The van der Waals surface area contributed by atoms with Crippen LogP contribution in [0.4, 0.5) is 5.69 Å². The Balaban J connectivity index is 1.37. The number of fused-ring (bicyclic) bond motifs is 1. The topological polar surface area (TPSA) is 117 Å². The summed E-state index contributed by atoms with van der Waals surface area (Å²) < 4.78 is 5.58. The molecule has 0 unspecified atom stereocenters. The van der Waals surface area contributed by atoms with E-state index in [0.29, 0.717) is 34.9 Å². The highest BCUT2D eigenvalue weighted by molar-refractivity contribution is 5.93. The van der Waals surface area contributed by atoms with E-state index in [1.807, 2.05) is 30.3 Å². The van der Waals surface area contributed by atoms with Gasteiger partial charge in [-0.2, -0.15) is 0 Å². The summed E-state index contributed by atoms with van der Waals surface area (Å²) in [6.45, 7) is 0. The van der Waals surface area contributed by atoms with Crippen LogP contribution in [0.2, 0.25) is 0 Å². The summed E-state index contributed by atoms with van der Waals surface area (Å²) in [5.41, 5.74) is 2.48. The second-order valence-corrected chi connectivity index (χ2v) is 5.75. The summed E-state index contributed by atoms with van der Waals surface area (Å²) in [5, 5.41) is 10.8. The van der Waals surface area contributed by atoms with Crippen LogP contribution >= 0.6 is 0 Å². The monoisotopic (exact) mass is 349 g/mol. The first kappa shape index (κ1) is 15.8. The number of benzene rings is 2. The number of hydrogen-bond acceptors (Lipinski definition) is 5. The van der Waals surface area contributed by atoms with Crippen molar-refractivity contribution in [1.82, 2.24) is 20.2 Å². The summed E-state index contributed by atoms with van der Waals surface area (Å²) in [5.74, 6) is 0.661. The first-order chi connectivity index (χ1) is 12.7. The largest absolute Gasteiger partial charge is 0.421 e. The number of H-pyrrole nitrogens is 2. The molecule has 0 saturated carbocycles. The summed E-state index contributed by atoms with van der Waals surface area (Å²) in [7, 11) is 0. The van der Waals surface area contributed by atoms with Gasteiger partial charge in [0.15, 0.2) is 0 Å². The Bertz CT molecular complexity index is 1110. The molecule has 0 bridgehead atoms. The number of aryl methyl sites for hydroxylation is 1. The molecule has 130 valence electrons. The second kappa shape index (κ2) is 6.67. The van der Waals surface area contributed by atoms with E-state index in [-0.39, 0.29) is 18.0 Å². The lowest BCUT2D eigenvalue weighted by Gasteiger charge is -2.04. The maximum Gasteiger partial charge on any atom is 0.323 e. The van der Waals surface area contributed by atoms with Gasteiger partial charge in [-0.05, 0) is 30.3 Å². The fourth-order valence-corrected chi connectivity index (χ4v) is 2.61. The molecule has 2 heterocycles. The highest BCUT2D eigenvalue weighted by Gasteiger charge is 2.11. The summed E-state index contributed by atoms with van der Waals surface area (Å²) in [4.78, 5) is 28.7. The summed E-state index contributed by atoms with van der Waals surface area (Å²) in [6, 6.07) is 14.6. The van der Waals surface area contributed by atoms with Gasteiger partial charge < -0.3 is 19.7 Å². The van der Waals surface area contributed by atoms with E-state index in [4.69, 9.17) is 4.42 Å². The van der Waals surface area contributed by atoms with Crippen LogP contribution in [-0.4, -0.2) is 26.1 Å². The van der Waals surface area contributed by atoms with Crippen molar-refractivity contribution in [3.05, 3.63) is 64.9 Å². The number of hydrogen-bond donors (Lipinski definition) is 3. The van der Waals surface area contributed by atoms with Crippen LogP contribution in [0.1, 0.15) is 12.3 Å². The predicted octanol–water partition coefficient (Wildman–Crippen LogP) is 2.48. The Hall–Kier alpha value is -3.68. The molecular weight excluding hydrogens is 334 g/mol. The Kier molecular flexibility index (Phi) is 4.06. The highest BCUT2D eigenvalue weighted by Crippen LogP contribution is 2.18. The smallest absolute Gasteiger partial charge is 0.323 e. The van der Waals surface area contributed by atoms with Gasteiger partial charge in [0, 0.05) is 24.1 Å². The molecule has 1 amide bonds. The van der Waals surface area contributed by atoms with Gasteiger partial charge in [0.25, 0.3) is 0 Å². The Morgan fingerprint density at radius 3 is 2.69 bits per heavy atom. The molecule has 0 aliphatic heterocycles. The molecule has 0 aliphatic rings. The van der Waals surface area contributed by atoms with E-state index in [0.717, 1.165) is 5.56 Å². The van der Waals surface area contributed by atoms with Crippen molar-refractivity contribution in [2.45, 2.75) is 12.8 Å². The number of rotatable bonds is 5. The van der Waals surface area contributed by atoms with Gasteiger partial charge in [-0.15, -0.1) is 10.2 Å². The lowest BCUT2D eigenvalue weighted by Crippen LogP contribution is -2.12. The van der Waals surface area contributed by atoms with Crippen molar-refractivity contribution in [2.24, 2.45) is 0 Å². The van der Waals surface area contributed by atoms with Gasteiger partial charge in [0.05, 0.1) is 11.0 Å². The van der Waals surface area contributed by atoms with Gasteiger partial charge in [-0.25, -0.2) is 4.79 Å². The van der Waals surface area contributed by atoms with E-state index in [1.165, 1.54) is 0 Å². The van der Waals surface area contributed by atoms with Crippen LogP contribution in [0.5, 0.6) is 0 Å². The number of aromatic nitrogens is 4. The van der Waals surface area contributed by atoms with Gasteiger partial charge in [0.1, 0.15) is 0 Å². The van der Waals surface area contributed by atoms with Crippen molar-refractivity contribution in [1.29, 1.82) is 0 Å². The summed E-state index contributed by atoms with van der Waals surface area (Å²) >= 11 is 0. The van der Waals surface area contributed by atoms with Crippen LogP contribution in [0.15, 0.2) is 57.7 Å². The normalized spacial score (nSPS) is 10.9. The average Bonchev–Trinajstić information content (AvgIpc) is 3.26. The SMILES string of the molecule is O=C(CCc1nnc(-c2ccccc2)o1)Nc1ccc2[nH]c(=O)[nH]c2c1. The number of nitrogens with zero attached hydrogens (tertiary/aromatic N) is 2. The molecule has 3 N–H and O–H groups in total. The predicted molar refractivity (Wildman–Crippen MR) is 95.6 cm³/mol. The van der Waals surface area contributed by atoms with Gasteiger partial charge >= 0.3 is 5.69 Å². The van der Waals surface area contributed by atoms with Crippen LogP contribution < -0.4 is 11.0 Å². The second-order valence-electron chi connectivity index (χ2n) is 5.75.